The van der Waals surface area contributed by atoms with Crippen LogP contribution in [0.4, 0.5) is 0 Å². The normalized spacial score (nSPS) is 23.2. The molecule has 0 aromatic heterocycles. The van der Waals surface area contributed by atoms with E-state index in [1.165, 1.54) is 0 Å². The molecule has 0 radical (unpaired) electrons. The van der Waals surface area contributed by atoms with E-state index in [2.05, 4.69) is 5.32 Å². The summed E-state index contributed by atoms with van der Waals surface area (Å²) in [6.07, 6.45) is 1.01. The maximum Gasteiger partial charge on any atom is 0.305 e. The molecule has 3 atom stereocenters. The molecule has 5 heteroatoms. The van der Waals surface area contributed by atoms with Crippen LogP contribution in [0.2, 0.25) is 0 Å². The molecule has 1 amide bonds. The van der Waals surface area contributed by atoms with Gasteiger partial charge in [0.1, 0.15) is 6.10 Å². The Kier molecular flexibility index (Phi) is 4.74. The van der Waals surface area contributed by atoms with E-state index in [-0.39, 0.29) is 18.4 Å². The number of carboxylic acids is 1. The maximum atomic E-state index is 12.1. The van der Waals surface area contributed by atoms with Gasteiger partial charge in [0.05, 0.1) is 18.6 Å². The van der Waals surface area contributed by atoms with Crippen LogP contribution in [0.25, 0.3) is 0 Å². The van der Waals surface area contributed by atoms with Gasteiger partial charge < -0.3 is 15.2 Å². The van der Waals surface area contributed by atoms with Crippen molar-refractivity contribution < 1.29 is 19.4 Å². The number of carbonyl (C=O) groups excluding carboxylic acids is 1. The number of carboxylic acid groups (broad SMARTS) is 1. The van der Waals surface area contributed by atoms with Crippen molar-refractivity contribution in [2.24, 2.45) is 0 Å². The van der Waals surface area contributed by atoms with Gasteiger partial charge in [-0.25, -0.2) is 0 Å². The van der Waals surface area contributed by atoms with Crippen LogP contribution in [0.1, 0.15) is 37.8 Å². The number of ether oxygens (including phenoxy) is 1. The van der Waals surface area contributed by atoms with Crippen molar-refractivity contribution in [3.63, 3.8) is 0 Å². The summed E-state index contributed by atoms with van der Waals surface area (Å²) in [5, 5.41) is 11.8. The molecule has 0 spiro atoms. The number of nitrogens with one attached hydrogen (secondary N) is 1. The Labute approximate surface area is 117 Å². The van der Waals surface area contributed by atoms with Crippen molar-refractivity contribution in [3.05, 3.63) is 35.9 Å². The monoisotopic (exact) mass is 277 g/mol. The Hall–Kier alpha value is -1.88. The maximum absolute atomic E-state index is 12.1. The van der Waals surface area contributed by atoms with Gasteiger partial charge in [0.25, 0.3) is 0 Å². The zero-order valence-corrected chi connectivity index (χ0v) is 11.4. The Morgan fingerprint density at radius 1 is 1.35 bits per heavy atom. The van der Waals surface area contributed by atoms with Crippen molar-refractivity contribution >= 4 is 11.9 Å². The number of carbonyl (C=O) groups is 2. The SMILES string of the molecule is C[C@@H]1CC[C@H](C(=O)N[C@@H](CC(=O)O)c2ccccc2)O1. The number of rotatable bonds is 5. The molecule has 0 aliphatic carbocycles. The summed E-state index contributed by atoms with van der Waals surface area (Å²) in [6, 6.07) is 8.60. The van der Waals surface area contributed by atoms with Gasteiger partial charge in [-0.2, -0.15) is 0 Å². The Morgan fingerprint density at radius 3 is 2.60 bits per heavy atom. The summed E-state index contributed by atoms with van der Waals surface area (Å²) in [5.74, 6) is -1.18. The van der Waals surface area contributed by atoms with E-state index >= 15 is 0 Å². The summed E-state index contributed by atoms with van der Waals surface area (Å²) in [4.78, 5) is 23.1. The number of aliphatic carboxylic acids is 1. The smallest absolute Gasteiger partial charge is 0.305 e. The second-order valence-electron chi connectivity index (χ2n) is 5.08. The molecule has 1 aliphatic heterocycles. The molecule has 0 unspecified atom stereocenters. The van der Waals surface area contributed by atoms with Crippen LogP contribution in [0, 0.1) is 0 Å². The molecule has 108 valence electrons. The van der Waals surface area contributed by atoms with E-state index in [0.717, 1.165) is 12.0 Å². The molecule has 1 aromatic carbocycles. The fraction of sp³-hybridized carbons (Fsp3) is 0.467. The van der Waals surface area contributed by atoms with Crippen LogP contribution in [-0.4, -0.2) is 29.2 Å². The average molecular weight is 277 g/mol. The van der Waals surface area contributed by atoms with Gasteiger partial charge >= 0.3 is 5.97 Å². The third-order valence-electron chi connectivity index (χ3n) is 3.42. The molecule has 1 heterocycles. The van der Waals surface area contributed by atoms with Crippen molar-refractivity contribution in [2.45, 2.75) is 44.4 Å². The van der Waals surface area contributed by atoms with E-state index in [9.17, 15) is 9.59 Å². The standard InChI is InChI=1S/C15H19NO4/c1-10-7-8-13(20-10)15(19)16-12(9-14(17)18)11-5-3-2-4-6-11/h2-6,10,12-13H,7-9H2,1H3,(H,16,19)(H,17,18)/t10-,12+,13-/m1/s1. The van der Waals surface area contributed by atoms with E-state index in [1.54, 1.807) is 0 Å². The fourth-order valence-corrected chi connectivity index (χ4v) is 2.37. The van der Waals surface area contributed by atoms with Crippen molar-refractivity contribution in [1.29, 1.82) is 0 Å². The Bertz CT molecular complexity index is 474. The zero-order chi connectivity index (χ0) is 14.5. The van der Waals surface area contributed by atoms with Crippen molar-refractivity contribution in [2.75, 3.05) is 0 Å². The topological polar surface area (TPSA) is 75.6 Å². The highest BCUT2D eigenvalue weighted by Crippen LogP contribution is 2.22. The first-order valence-electron chi connectivity index (χ1n) is 6.79. The van der Waals surface area contributed by atoms with Crippen LogP contribution >= 0.6 is 0 Å². The summed E-state index contributed by atoms with van der Waals surface area (Å²) in [7, 11) is 0. The molecule has 5 nitrogen and oxygen atoms in total. The predicted octanol–water partition coefficient (Wildman–Crippen LogP) is 1.89. The molecule has 2 N–H and O–H groups in total. The molecule has 1 aliphatic rings. The minimum absolute atomic E-state index is 0.0837. The predicted molar refractivity (Wildman–Crippen MR) is 73.1 cm³/mol. The first kappa shape index (κ1) is 14.5. The van der Waals surface area contributed by atoms with Gasteiger partial charge in [-0.15, -0.1) is 0 Å². The average Bonchev–Trinajstić information content (AvgIpc) is 2.85. The molecular weight excluding hydrogens is 258 g/mol. The summed E-state index contributed by atoms with van der Waals surface area (Å²) in [5.41, 5.74) is 0.786. The van der Waals surface area contributed by atoms with Gasteiger partial charge in [0.15, 0.2) is 0 Å². The van der Waals surface area contributed by atoms with E-state index in [1.807, 2.05) is 37.3 Å². The lowest BCUT2D eigenvalue weighted by atomic mass is 10.0. The minimum Gasteiger partial charge on any atom is -0.481 e. The second kappa shape index (κ2) is 6.52. The second-order valence-corrected chi connectivity index (χ2v) is 5.08. The lowest BCUT2D eigenvalue weighted by Crippen LogP contribution is -2.38. The molecule has 0 saturated carbocycles. The van der Waals surface area contributed by atoms with Gasteiger partial charge in [0, 0.05) is 0 Å². The van der Waals surface area contributed by atoms with Crippen LogP contribution in [0.5, 0.6) is 0 Å². The van der Waals surface area contributed by atoms with Gasteiger partial charge in [-0.3, -0.25) is 9.59 Å². The quantitative estimate of drug-likeness (QED) is 0.861. The minimum atomic E-state index is -0.945. The number of hydrogen-bond donors (Lipinski definition) is 2. The van der Waals surface area contributed by atoms with Crippen molar-refractivity contribution in [1.82, 2.24) is 5.32 Å². The largest absolute Gasteiger partial charge is 0.481 e. The molecule has 1 saturated heterocycles. The van der Waals surface area contributed by atoms with Gasteiger partial charge in [-0.1, -0.05) is 30.3 Å². The number of benzene rings is 1. The van der Waals surface area contributed by atoms with Crippen molar-refractivity contribution in [3.8, 4) is 0 Å². The lowest BCUT2D eigenvalue weighted by Gasteiger charge is -2.20. The number of hydrogen-bond acceptors (Lipinski definition) is 3. The number of amides is 1. The highest BCUT2D eigenvalue weighted by molar-refractivity contribution is 5.82. The fourth-order valence-electron chi connectivity index (χ4n) is 2.37. The Balaban J connectivity index is 2.04. The first-order chi connectivity index (χ1) is 9.56. The van der Waals surface area contributed by atoms with Gasteiger partial charge in [0.2, 0.25) is 5.91 Å². The van der Waals surface area contributed by atoms with Crippen LogP contribution < -0.4 is 5.32 Å². The zero-order valence-electron chi connectivity index (χ0n) is 11.4. The summed E-state index contributed by atoms with van der Waals surface area (Å²) in [6.45, 7) is 1.93. The van der Waals surface area contributed by atoms with E-state index in [4.69, 9.17) is 9.84 Å². The van der Waals surface area contributed by atoms with E-state index in [0.29, 0.717) is 6.42 Å². The molecule has 0 bridgehead atoms. The third kappa shape index (κ3) is 3.81. The molecular formula is C15H19NO4. The highest BCUT2D eigenvalue weighted by Gasteiger charge is 2.30. The summed E-state index contributed by atoms with van der Waals surface area (Å²) < 4.78 is 5.51. The van der Waals surface area contributed by atoms with Crippen LogP contribution in [-0.2, 0) is 14.3 Å². The first-order valence-corrected chi connectivity index (χ1v) is 6.79. The molecule has 20 heavy (non-hydrogen) atoms. The molecule has 1 fully saturated rings. The van der Waals surface area contributed by atoms with Crippen LogP contribution in [0.15, 0.2) is 30.3 Å². The van der Waals surface area contributed by atoms with E-state index < -0.39 is 18.1 Å². The highest BCUT2D eigenvalue weighted by atomic mass is 16.5. The molecule has 2 rings (SSSR count). The lowest BCUT2D eigenvalue weighted by molar-refractivity contribution is -0.138. The Morgan fingerprint density at radius 2 is 2.05 bits per heavy atom. The third-order valence-corrected chi connectivity index (χ3v) is 3.42. The summed E-state index contributed by atoms with van der Waals surface area (Å²) >= 11 is 0. The molecule has 1 aromatic rings. The van der Waals surface area contributed by atoms with Gasteiger partial charge in [-0.05, 0) is 25.3 Å². The van der Waals surface area contributed by atoms with Crippen LogP contribution in [0.3, 0.4) is 0 Å².